The highest BCUT2D eigenvalue weighted by Gasteiger charge is 2.29. The number of aromatic carboxylic acids is 1. The van der Waals surface area contributed by atoms with Gasteiger partial charge in [-0.2, -0.15) is 5.26 Å². The summed E-state index contributed by atoms with van der Waals surface area (Å²) in [7, 11) is 2.00. The molecule has 1 N–H and O–H groups in total. The van der Waals surface area contributed by atoms with Crippen molar-refractivity contribution < 1.29 is 19.4 Å². The molecule has 0 aliphatic carbocycles. The molecule has 45 heavy (non-hydrogen) atoms. The third-order valence-corrected chi connectivity index (χ3v) is 8.50. The second-order valence-corrected chi connectivity index (χ2v) is 11.6. The normalized spacial score (nSPS) is 14.4. The van der Waals surface area contributed by atoms with Gasteiger partial charge in [0.15, 0.2) is 5.56 Å². The van der Waals surface area contributed by atoms with Crippen molar-refractivity contribution >= 4 is 22.7 Å². The van der Waals surface area contributed by atoms with Gasteiger partial charge in [0.05, 0.1) is 11.2 Å². The van der Waals surface area contributed by atoms with Crippen molar-refractivity contribution in [2.24, 2.45) is 13.0 Å². The van der Waals surface area contributed by atoms with Crippen LogP contribution in [0, 0.1) is 17.2 Å². The zero-order valence-corrected chi connectivity index (χ0v) is 25.8. The Morgan fingerprint density at radius 3 is 2.27 bits per heavy atom. The van der Waals surface area contributed by atoms with Crippen molar-refractivity contribution in [3.05, 3.63) is 107 Å². The minimum Gasteiger partial charge on any atom is -0.487 e. The lowest BCUT2D eigenvalue weighted by molar-refractivity contribution is 0.0684. The molecule has 0 unspecified atom stereocenters. The molecule has 8 heteroatoms. The molecular weight excluding hydrogens is 564 g/mol. The second-order valence-electron chi connectivity index (χ2n) is 11.6. The summed E-state index contributed by atoms with van der Waals surface area (Å²) in [5, 5.41) is 21.6. The van der Waals surface area contributed by atoms with Crippen LogP contribution in [0.25, 0.3) is 22.2 Å². The maximum absolute atomic E-state index is 12.8. The van der Waals surface area contributed by atoms with Crippen LogP contribution in [0.3, 0.4) is 0 Å². The van der Waals surface area contributed by atoms with E-state index in [2.05, 4.69) is 22.5 Å². The molecule has 1 atom stereocenters. The second kappa shape index (κ2) is 12.7. The number of rotatable bonds is 10. The quantitative estimate of drug-likeness (QED) is 0.179. The van der Waals surface area contributed by atoms with Gasteiger partial charge in [-0.15, -0.1) is 0 Å². The summed E-state index contributed by atoms with van der Waals surface area (Å²) in [6.07, 6.45) is 1.56. The molecule has 0 saturated carbocycles. The lowest BCUT2D eigenvalue weighted by Crippen LogP contribution is -2.22. The molecule has 3 heterocycles. The fraction of sp³-hybridized carbons (Fsp3) is 0.270. The Hall–Kier alpha value is -5.29. The SMILES string of the molecule is CCc1c(-c2ccc3c(c2)c(C#N)c(N2CC[C@@H](C)C2)n3C)nc(OCc2ccccc2)c(C(=O)O)c1OCc1ccccc1. The summed E-state index contributed by atoms with van der Waals surface area (Å²) in [6.45, 7) is 6.35. The molecule has 5 aromatic rings. The van der Waals surface area contributed by atoms with Crippen LogP contribution in [-0.2, 0) is 26.7 Å². The monoisotopic (exact) mass is 600 g/mol. The molecule has 2 aromatic heterocycles. The summed E-state index contributed by atoms with van der Waals surface area (Å²) in [5.41, 5.74) is 5.26. The molecule has 1 saturated heterocycles. The van der Waals surface area contributed by atoms with Gasteiger partial charge in [0, 0.05) is 36.7 Å². The number of nitriles is 1. The van der Waals surface area contributed by atoms with E-state index >= 15 is 0 Å². The van der Waals surface area contributed by atoms with Crippen molar-refractivity contribution in [1.29, 1.82) is 5.26 Å². The minimum atomic E-state index is -1.18. The van der Waals surface area contributed by atoms with Crippen molar-refractivity contribution in [2.45, 2.75) is 39.9 Å². The lowest BCUT2D eigenvalue weighted by Gasteiger charge is -2.20. The van der Waals surface area contributed by atoms with E-state index in [4.69, 9.17) is 14.5 Å². The number of ether oxygens (including phenoxy) is 2. The van der Waals surface area contributed by atoms with Gasteiger partial charge >= 0.3 is 5.97 Å². The number of carboxylic acids is 1. The average molecular weight is 601 g/mol. The number of aryl methyl sites for hydroxylation is 1. The zero-order chi connectivity index (χ0) is 31.5. The Morgan fingerprint density at radius 1 is 1.02 bits per heavy atom. The largest absolute Gasteiger partial charge is 0.487 e. The number of anilines is 1. The third kappa shape index (κ3) is 5.82. The van der Waals surface area contributed by atoms with Crippen molar-refractivity contribution in [1.82, 2.24) is 9.55 Å². The molecule has 3 aromatic carbocycles. The van der Waals surface area contributed by atoms with E-state index in [9.17, 15) is 15.2 Å². The first-order chi connectivity index (χ1) is 21.9. The van der Waals surface area contributed by atoms with Crippen LogP contribution in [0.1, 0.15) is 52.9 Å². The fourth-order valence-corrected chi connectivity index (χ4v) is 6.24. The Labute approximate surface area is 263 Å². The van der Waals surface area contributed by atoms with Crippen LogP contribution in [0.2, 0.25) is 0 Å². The van der Waals surface area contributed by atoms with Crippen LogP contribution in [0.4, 0.5) is 5.82 Å². The van der Waals surface area contributed by atoms with Crippen LogP contribution < -0.4 is 14.4 Å². The summed E-state index contributed by atoms with van der Waals surface area (Å²) in [5.74, 6) is 0.546. The molecule has 1 aliphatic rings. The van der Waals surface area contributed by atoms with Crippen molar-refractivity contribution in [3.8, 4) is 29.0 Å². The van der Waals surface area contributed by atoms with Gasteiger partial charge in [-0.1, -0.05) is 80.6 Å². The predicted octanol–water partition coefficient (Wildman–Crippen LogP) is 7.38. The van der Waals surface area contributed by atoms with E-state index in [0.29, 0.717) is 29.2 Å². The topological polar surface area (TPSA) is 101 Å². The number of nitrogens with zero attached hydrogens (tertiary/aromatic N) is 4. The van der Waals surface area contributed by atoms with Crippen LogP contribution in [-0.4, -0.2) is 33.7 Å². The molecule has 1 aliphatic heterocycles. The Bertz CT molecular complexity index is 1890. The van der Waals surface area contributed by atoms with Crippen molar-refractivity contribution in [2.75, 3.05) is 18.0 Å². The standard InChI is InChI=1S/C37H36N4O4/c1-4-28-33(27-15-16-31-29(19-27)30(20-38)36(40(31)3)41-18-17-24(2)21-41)39-35(45-23-26-13-9-6-10-14-26)32(37(42)43)34(28)44-22-25-11-7-5-8-12-25/h5-16,19,24H,4,17-18,21-23H2,1-3H3,(H,42,43)/t24-/m1/s1. The molecule has 1 fully saturated rings. The maximum Gasteiger partial charge on any atom is 0.345 e. The minimum absolute atomic E-state index is 0.0120. The molecule has 228 valence electrons. The van der Waals surface area contributed by atoms with Gasteiger partial charge < -0.3 is 24.0 Å². The number of hydrogen-bond donors (Lipinski definition) is 1. The zero-order valence-electron chi connectivity index (χ0n) is 25.8. The van der Waals surface area contributed by atoms with Gasteiger partial charge in [0.2, 0.25) is 5.88 Å². The molecule has 8 nitrogen and oxygen atoms in total. The number of carboxylic acid groups (broad SMARTS) is 1. The van der Waals surface area contributed by atoms with Crippen molar-refractivity contribution in [3.63, 3.8) is 0 Å². The summed E-state index contributed by atoms with van der Waals surface area (Å²) in [4.78, 5) is 19.9. The summed E-state index contributed by atoms with van der Waals surface area (Å²) in [6, 6.07) is 27.6. The number of hydrogen-bond acceptors (Lipinski definition) is 6. The lowest BCUT2D eigenvalue weighted by atomic mass is 9.98. The predicted molar refractivity (Wildman–Crippen MR) is 175 cm³/mol. The number of benzene rings is 3. The third-order valence-electron chi connectivity index (χ3n) is 8.50. The molecule has 0 radical (unpaired) electrons. The highest BCUT2D eigenvalue weighted by atomic mass is 16.5. The van der Waals surface area contributed by atoms with Crippen LogP contribution in [0.15, 0.2) is 78.9 Å². The highest BCUT2D eigenvalue weighted by Crippen LogP contribution is 2.41. The van der Waals surface area contributed by atoms with E-state index in [-0.39, 0.29) is 30.4 Å². The van der Waals surface area contributed by atoms with Crippen LogP contribution in [0.5, 0.6) is 11.6 Å². The Kier molecular flexibility index (Phi) is 8.43. The van der Waals surface area contributed by atoms with E-state index < -0.39 is 5.97 Å². The molecule has 0 bridgehead atoms. The number of fused-ring (bicyclic) bond motifs is 1. The van der Waals surface area contributed by atoms with Gasteiger partial charge in [0.25, 0.3) is 0 Å². The Morgan fingerprint density at radius 2 is 1.69 bits per heavy atom. The van der Waals surface area contributed by atoms with Gasteiger partial charge in [-0.3, -0.25) is 0 Å². The van der Waals surface area contributed by atoms with E-state index in [0.717, 1.165) is 52.9 Å². The van der Waals surface area contributed by atoms with Gasteiger partial charge in [0.1, 0.15) is 36.4 Å². The summed E-state index contributed by atoms with van der Waals surface area (Å²) >= 11 is 0. The first kappa shape index (κ1) is 29.8. The first-order valence-electron chi connectivity index (χ1n) is 15.3. The number of pyridine rings is 1. The number of carbonyl (C=O) groups is 1. The average Bonchev–Trinajstić information content (AvgIpc) is 3.61. The van der Waals surface area contributed by atoms with Crippen LogP contribution >= 0.6 is 0 Å². The highest BCUT2D eigenvalue weighted by molar-refractivity contribution is 5.98. The maximum atomic E-state index is 12.8. The van der Waals surface area contributed by atoms with E-state index in [1.165, 1.54) is 0 Å². The Balaban J connectivity index is 1.51. The molecule has 6 rings (SSSR count). The first-order valence-corrected chi connectivity index (χ1v) is 15.3. The van der Waals surface area contributed by atoms with E-state index in [1.54, 1.807) is 0 Å². The molecule has 0 amide bonds. The van der Waals surface area contributed by atoms with Gasteiger partial charge in [-0.05, 0) is 42.0 Å². The molecule has 0 spiro atoms. The fourth-order valence-electron chi connectivity index (χ4n) is 6.24. The summed E-state index contributed by atoms with van der Waals surface area (Å²) < 4.78 is 14.6. The van der Waals surface area contributed by atoms with E-state index in [1.807, 2.05) is 92.8 Å². The smallest absolute Gasteiger partial charge is 0.345 e. The van der Waals surface area contributed by atoms with Gasteiger partial charge in [-0.25, -0.2) is 9.78 Å². The number of aromatic nitrogens is 2. The molecular formula is C37H36N4O4.